The lowest BCUT2D eigenvalue weighted by atomic mass is 10.1. The highest BCUT2D eigenvalue weighted by atomic mass is 35.5. The van der Waals surface area contributed by atoms with Gasteiger partial charge in [-0.15, -0.1) is 11.6 Å². The van der Waals surface area contributed by atoms with Crippen LogP contribution in [0.15, 0.2) is 0 Å². The first-order valence-corrected chi connectivity index (χ1v) is 4.03. The molecule has 0 spiro atoms. The van der Waals surface area contributed by atoms with Gasteiger partial charge in [0.15, 0.2) is 0 Å². The molecule has 58 valence electrons. The normalized spacial score (nSPS) is 26.6. The highest BCUT2D eigenvalue weighted by Crippen LogP contribution is 2.14. The number of carbonyl (C=O) groups is 1. The van der Waals surface area contributed by atoms with Gasteiger partial charge in [0, 0.05) is 20.0 Å². The van der Waals surface area contributed by atoms with Gasteiger partial charge in [0.1, 0.15) is 0 Å². The summed E-state index contributed by atoms with van der Waals surface area (Å²) in [6.45, 7) is 3.21. The Bertz CT molecular complexity index is 138. The number of alkyl halides is 1. The molecule has 0 aromatic heterocycles. The van der Waals surface area contributed by atoms with Gasteiger partial charge >= 0.3 is 0 Å². The summed E-state index contributed by atoms with van der Waals surface area (Å²) in [5.74, 6) is 0.144. The summed E-state index contributed by atoms with van der Waals surface area (Å²) >= 11 is 5.86. The lowest BCUT2D eigenvalue weighted by Crippen LogP contribution is -2.38. The van der Waals surface area contributed by atoms with E-state index in [1.807, 2.05) is 0 Å². The van der Waals surface area contributed by atoms with E-state index in [0.717, 1.165) is 25.9 Å². The Morgan fingerprint density at radius 2 is 2.40 bits per heavy atom. The summed E-state index contributed by atoms with van der Waals surface area (Å²) in [6, 6.07) is 0. The van der Waals surface area contributed by atoms with Crippen molar-refractivity contribution in [1.29, 1.82) is 0 Å². The van der Waals surface area contributed by atoms with E-state index >= 15 is 0 Å². The number of nitrogens with zero attached hydrogens (tertiary/aromatic N) is 1. The summed E-state index contributed by atoms with van der Waals surface area (Å²) in [7, 11) is 0. The molecule has 0 saturated carbocycles. The Balaban J connectivity index is 2.39. The summed E-state index contributed by atoms with van der Waals surface area (Å²) < 4.78 is 0. The van der Waals surface area contributed by atoms with Crippen LogP contribution in [0.5, 0.6) is 0 Å². The Labute approximate surface area is 66.1 Å². The molecule has 1 atom stereocenters. The van der Waals surface area contributed by atoms with Crippen molar-refractivity contribution in [3.63, 3.8) is 0 Å². The molecular weight excluding hydrogens is 150 g/mol. The van der Waals surface area contributed by atoms with Gasteiger partial charge in [-0.25, -0.2) is 0 Å². The quantitative estimate of drug-likeness (QED) is 0.490. The maximum Gasteiger partial charge on any atom is 0.219 e. The second-order valence-electron chi connectivity index (χ2n) is 2.70. The van der Waals surface area contributed by atoms with Gasteiger partial charge in [0.2, 0.25) is 5.91 Å². The van der Waals surface area contributed by atoms with E-state index < -0.39 is 0 Å². The molecule has 0 aromatic carbocycles. The third-order valence-electron chi connectivity index (χ3n) is 1.81. The fourth-order valence-corrected chi connectivity index (χ4v) is 1.53. The molecule has 1 unspecified atom stereocenters. The van der Waals surface area contributed by atoms with Gasteiger partial charge in [0.25, 0.3) is 0 Å². The molecule has 1 aliphatic heterocycles. The van der Waals surface area contributed by atoms with Crippen molar-refractivity contribution in [2.45, 2.75) is 25.1 Å². The second kappa shape index (κ2) is 3.24. The largest absolute Gasteiger partial charge is 0.341 e. The van der Waals surface area contributed by atoms with Gasteiger partial charge in [-0.05, 0) is 12.8 Å². The van der Waals surface area contributed by atoms with Gasteiger partial charge in [0.05, 0.1) is 5.38 Å². The minimum Gasteiger partial charge on any atom is -0.341 e. The summed E-state index contributed by atoms with van der Waals surface area (Å²) in [5.41, 5.74) is 0. The van der Waals surface area contributed by atoms with Crippen LogP contribution in [0.4, 0.5) is 0 Å². The molecule has 3 heteroatoms. The minimum absolute atomic E-state index is 0.144. The third kappa shape index (κ3) is 1.87. The number of halogens is 1. The van der Waals surface area contributed by atoms with Crippen molar-refractivity contribution in [1.82, 2.24) is 4.90 Å². The van der Waals surface area contributed by atoms with Crippen molar-refractivity contribution < 1.29 is 4.79 Å². The lowest BCUT2D eigenvalue weighted by molar-refractivity contribution is -0.129. The van der Waals surface area contributed by atoms with E-state index in [1.54, 1.807) is 11.8 Å². The van der Waals surface area contributed by atoms with Gasteiger partial charge in [-0.3, -0.25) is 4.79 Å². The first kappa shape index (κ1) is 7.86. The maximum absolute atomic E-state index is 10.8. The molecule has 1 saturated heterocycles. The van der Waals surface area contributed by atoms with Crippen LogP contribution in [0.1, 0.15) is 19.8 Å². The highest BCUT2D eigenvalue weighted by molar-refractivity contribution is 6.20. The zero-order chi connectivity index (χ0) is 7.56. The predicted octanol–water partition coefficient (Wildman–Crippen LogP) is 1.24. The Hall–Kier alpha value is -0.240. The molecule has 1 amide bonds. The fourth-order valence-electron chi connectivity index (χ4n) is 1.21. The van der Waals surface area contributed by atoms with E-state index in [4.69, 9.17) is 11.6 Å². The summed E-state index contributed by atoms with van der Waals surface area (Å²) in [6.07, 6.45) is 2.10. The minimum atomic E-state index is 0.144. The fraction of sp³-hybridized carbons (Fsp3) is 0.857. The molecule has 0 aliphatic carbocycles. The van der Waals surface area contributed by atoms with Crippen molar-refractivity contribution in [2.75, 3.05) is 13.1 Å². The Morgan fingerprint density at radius 1 is 1.70 bits per heavy atom. The smallest absolute Gasteiger partial charge is 0.219 e. The number of amides is 1. The molecular formula is C7H12ClNO. The number of rotatable bonds is 0. The molecule has 2 nitrogen and oxygen atoms in total. The van der Waals surface area contributed by atoms with Crippen LogP contribution in [0.3, 0.4) is 0 Å². The molecule has 0 bridgehead atoms. The predicted molar refractivity (Wildman–Crippen MR) is 41.1 cm³/mol. The number of hydrogen-bond acceptors (Lipinski definition) is 1. The van der Waals surface area contributed by atoms with Crippen LogP contribution in [-0.2, 0) is 4.79 Å². The maximum atomic E-state index is 10.8. The van der Waals surface area contributed by atoms with E-state index in [1.165, 1.54) is 0 Å². The topological polar surface area (TPSA) is 20.3 Å². The van der Waals surface area contributed by atoms with Crippen LogP contribution in [0, 0.1) is 0 Å². The average Bonchev–Trinajstić information content (AvgIpc) is 1.88. The zero-order valence-corrected chi connectivity index (χ0v) is 6.90. The average molecular weight is 162 g/mol. The van der Waals surface area contributed by atoms with Gasteiger partial charge in [-0.2, -0.15) is 0 Å². The Kier molecular flexibility index (Phi) is 2.55. The van der Waals surface area contributed by atoms with Gasteiger partial charge in [-0.1, -0.05) is 0 Å². The van der Waals surface area contributed by atoms with Crippen LogP contribution in [0.2, 0.25) is 0 Å². The highest BCUT2D eigenvalue weighted by Gasteiger charge is 2.18. The molecule has 1 aliphatic rings. The monoisotopic (exact) mass is 161 g/mol. The van der Waals surface area contributed by atoms with Gasteiger partial charge < -0.3 is 4.90 Å². The zero-order valence-electron chi connectivity index (χ0n) is 6.14. The van der Waals surface area contributed by atoms with Crippen molar-refractivity contribution in [3.05, 3.63) is 0 Å². The van der Waals surface area contributed by atoms with Crippen molar-refractivity contribution >= 4 is 17.5 Å². The van der Waals surface area contributed by atoms with Crippen molar-refractivity contribution in [3.8, 4) is 0 Å². The first-order valence-electron chi connectivity index (χ1n) is 3.59. The van der Waals surface area contributed by atoms with Crippen LogP contribution in [0.25, 0.3) is 0 Å². The molecule has 0 radical (unpaired) electrons. The van der Waals surface area contributed by atoms with E-state index in [0.29, 0.717) is 0 Å². The third-order valence-corrected chi connectivity index (χ3v) is 2.17. The first-order chi connectivity index (χ1) is 4.70. The van der Waals surface area contributed by atoms with E-state index in [2.05, 4.69) is 0 Å². The number of hydrogen-bond donors (Lipinski definition) is 0. The second-order valence-corrected chi connectivity index (χ2v) is 3.32. The van der Waals surface area contributed by atoms with E-state index in [9.17, 15) is 4.79 Å². The molecule has 10 heavy (non-hydrogen) atoms. The summed E-state index contributed by atoms with van der Waals surface area (Å²) in [4.78, 5) is 12.6. The standard InChI is InChI=1S/C7H12ClNO/c1-6(10)9-4-2-3-7(8)5-9/h7H,2-5H2,1H3. The SMILES string of the molecule is CC(=O)N1CCCC(Cl)C1. The van der Waals surface area contributed by atoms with Crippen molar-refractivity contribution in [2.24, 2.45) is 0 Å². The summed E-state index contributed by atoms with van der Waals surface area (Å²) in [5, 5.41) is 0.178. The Morgan fingerprint density at radius 3 is 2.80 bits per heavy atom. The van der Waals surface area contributed by atoms with Crippen LogP contribution >= 0.6 is 11.6 Å². The van der Waals surface area contributed by atoms with E-state index in [-0.39, 0.29) is 11.3 Å². The molecule has 1 heterocycles. The number of piperidine rings is 1. The molecule has 1 rings (SSSR count). The number of carbonyl (C=O) groups excluding carboxylic acids is 1. The molecule has 1 fully saturated rings. The van der Waals surface area contributed by atoms with Crippen LogP contribution in [-0.4, -0.2) is 29.3 Å². The van der Waals surface area contributed by atoms with Crippen LogP contribution < -0.4 is 0 Å². The molecule has 0 N–H and O–H groups in total. The lowest BCUT2D eigenvalue weighted by Gasteiger charge is -2.28. The number of likely N-dealkylation sites (tertiary alicyclic amines) is 1. The molecule has 0 aromatic rings.